The summed E-state index contributed by atoms with van der Waals surface area (Å²) in [7, 11) is 0. The summed E-state index contributed by atoms with van der Waals surface area (Å²) in [6, 6.07) is 13.8. The molecule has 0 saturated heterocycles. The van der Waals surface area contributed by atoms with Gasteiger partial charge in [-0.2, -0.15) is 10.2 Å². The van der Waals surface area contributed by atoms with E-state index in [1.807, 2.05) is 42.9 Å². The van der Waals surface area contributed by atoms with Crippen LogP contribution in [-0.4, -0.2) is 24.7 Å². The van der Waals surface area contributed by atoms with E-state index in [1.54, 1.807) is 22.9 Å². The van der Waals surface area contributed by atoms with Crippen molar-refractivity contribution >= 4 is 52.0 Å². The molecule has 0 saturated carbocycles. The minimum atomic E-state index is -0.270. The fourth-order valence-electron chi connectivity index (χ4n) is 3.44. The van der Waals surface area contributed by atoms with Crippen LogP contribution < -0.4 is 10.6 Å². The molecule has 2 heterocycles. The van der Waals surface area contributed by atoms with Gasteiger partial charge < -0.3 is 10.6 Å². The number of aryl methyl sites for hydroxylation is 1. The highest BCUT2D eigenvalue weighted by Crippen LogP contribution is 2.25. The van der Waals surface area contributed by atoms with Crippen molar-refractivity contribution in [2.45, 2.75) is 26.9 Å². The average Bonchev–Trinajstić information content (AvgIpc) is 3.30. The van der Waals surface area contributed by atoms with Crippen molar-refractivity contribution in [3.8, 4) is 0 Å². The van der Waals surface area contributed by atoms with Gasteiger partial charge in [0.15, 0.2) is 10.9 Å². The molecule has 0 aliphatic heterocycles. The first-order valence-corrected chi connectivity index (χ1v) is 11.3. The molecule has 6 nitrogen and oxygen atoms in total. The smallest absolute Gasteiger partial charge is 0.176 e. The predicted octanol–water partition coefficient (Wildman–Crippen LogP) is 6.05. The van der Waals surface area contributed by atoms with Crippen LogP contribution in [0.1, 0.15) is 22.5 Å². The first kappa shape index (κ1) is 23.2. The molecule has 0 aliphatic carbocycles. The lowest BCUT2D eigenvalue weighted by molar-refractivity contribution is 0.619. The molecule has 0 radical (unpaired) electrons. The number of halogens is 3. The van der Waals surface area contributed by atoms with Crippen molar-refractivity contribution in [1.82, 2.24) is 19.6 Å². The third-order valence-electron chi connectivity index (χ3n) is 5.05. The zero-order valence-corrected chi connectivity index (χ0v) is 20.3. The Bertz CT molecular complexity index is 1320. The molecule has 2 aromatic carbocycles. The minimum Gasteiger partial charge on any atom is -0.329 e. The molecule has 0 fully saturated rings. The topological polar surface area (TPSA) is 59.7 Å². The molecule has 4 rings (SSSR count). The van der Waals surface area contributed by atoms with Crippen molar-refractivity contribution in [1.29, 1.82) is 0 Å². The molecular weight excluding hydrogens is 482 g/mol. The Morgan fingerprint density at radius 1 is 0.970 bits per heavy atom. The van der Waals surface area contributed by atoms with E-state index in [-0.39, 0.29) is 5.82 Å². The lowest BCUT2D eigenvalue weighted by Gasteiger charge is -2.10. The highest BCUT2D eigenvalue weighted by molar-refractivity contribution is 7.80. The zero-order chi connectivity index (χ0) is 23.5. The number of hydrogen-bond donors (Lipinski definition) is 2. The van der Waals surface area contributed by atoms with Gasteiger partial charge in [-0.1, -0.05) is 41.4 Å². The zero-order valence-electron chi connectivity index (χ0n) is 17.9. The maximum atomic E-state index is 13.4. The van der Waals surface area contributed by atoms with Gasteiger partial charge in [0.25, 0.3) is 0 Å². The molecule has 0 aliphatic rings. The van der Waals surface area contributed by atoms with Gasteiger partial charge in [0.05, 0.1) is 40.2 Å². The number of aromatic nitrogens is 4. The second-order valence-electron chi connectivity index (χ2n) is 7.56. The standard InChI is InChI=1S/C23H21Cl2FN6S/c1-14-22(15(2)32(29-14)13-17-6-7-19(24)20(25)11-17)28-23(33)27-21-8-9-31(30-21)12-16-4-3-5-18(26)10-16/h3-11H,12-13H2,1-2H3,(H2,27,28,30,33). The Kier molecular flexibility index (Phi) is 6.97. The molecular formula is C23H21Cl2FN6S. The molecule has 0 bridgehead atoms. The van der Waals surface area contributed by atoms with Crippen LogP contribution in [0.5, 0.6) is 0 Å². The number of benzene rings is 2. The second-order valence-corrected chi connectivity index (χ2v) is 8.78. The van der Waals surface area contributed by atoms with Gasteiger partial charge in [0, 0.05) is 12.3 Å². The van der Waals surface area contributed by atoms with Gasteiger partial charge in [-0.25, -0.2) is 4.39 Å². The fraction of sp³-hybridized carbons (Fsp3) is 0.174. The van der Waals surface area contributed by atoms with Crippen LogP contribution in [0.4, 0.5) is 15.9 Å². The van der Waals surface area contributed by atoms with Gasteiger partial charge in [-0.15, -0.1) is 0 Å². The molecule has 170 valence electrons. The summed E-state index contributed by atoms with van der Waals surface area (Å²) in [5.41, 5.74) is 4.39. The van der Waals surface area contributed by atoms with Crippen LogP contribution in [0.2, 0.25) is 10.0 Å². The Morgan fingerprint density at radius 2 is 1.76 bits per heavy atom. The summed E-state index contributed by atoms with van der Waals surface area (Å²) in [6.45, 7) is 4.89. The van der Waals surface area contributed by atoms with E-state index in [0.29, 0.717) is 34.1 Å². The third kappa shape index (κ3) is 5.71. The lowest BCUT2D eigenvalue weighted by atomic mass is 10.2. The fourth-order valence-corrected chi connectivity index (χ4v) is 3.97. The van der Waals surface area contributed by atoms with E-state index in [0.717, 1.165) is 28.2 Å². The number of nitrogens with one attached hydrogen (secondary N) is 2. The molecule has 0 amide bonds. The Morgan fingerprint density at radius 3 is 2.52 bits per heavy atom. The predicted molar refractivity (Wildman–Crippen MR) is 135 cm³/mol. The number of anilines is 2. The Balaban J connectivity index is 1.40. The van der Waals surface area contributed by atoms with E-state index in [4.69, 9.17) is 35.4 Å². The summed E-state index contributed by atoms with van der Waals surface area (Å²) in [4.78, 5) is 0. The molecule has 2 N–H and O–H groups in total. The number of rotatable bonds is 6. The van der Waals surface area contributed by atoms with E-state index < -0.39 is 0 Å². The maximum Gasteiger partial charge on any atom is 0.176 e. The largest absolute Gasteiger partial charge is 0.329 e. The number of nitrogens with zero attached hydrogens (tertiary/aromatic N) is 4. The normalized spacial score (nSPS) is 10.9. The molecule has 4 aromatic rings. The van der Waals surface area contributed by atoms with Crippen LogP contribution >= 0.6 is 35.4 Å². The van der Waals surface area contributed by atoms with Crippen molar-refractivity contribution in [3.63, 3.8) is 0 Å². The molecule has 2 aromatic heterocycles. The van der Waals surface area contributed by atoms with E-state index in [9.17, 15) is 4.39 Å². The van der Waals surface area contributed by atoms with Crippen LogP contribution in [-0.2, 0) is 13.1 Å². The summed E-state index contributed by atoms with van der Waals surface area (Å²) in [6.07, 6.45) is 1.81. The van der Waals surface area contributed by atoms with Crippen LogP contribution in [0.25, 0.3) is 0 Å². The Labute approximate surface area is 206 Å². The third-order valence-corrected chi connectivity index (χ3v) is 6.00. The van der Waals surface area contributed by atoms with E-state index >= 15 is 0 Å². The second kappa shape index (κ2) is 9.91. The van der Waals surface area contributed by atoms with Crippen LogP contribution in [0.3, 0.4) is 0 Å². The van der Waals surface area contributed by atoms with Crippen molar-refractivity contribution in [2.24, 2.45) is 0 Å². The first-order chi connectivity index (χ1) is 15.8. The van der Waals surface area contributed by atoms with Crippen molar-refractivity contribution in [3.05, 3.63) is 93.1 Å². The highest BCUT2D eigenvalue weighted by atomic mass is 35.5. The molecule has 10 heteroatoms. The summed E-state index contributed by atoms with van der Waals surface area (Å²) in [5.74, 6) is 0.316. The van der Waals surface area contributed by atoms with Gasteiger partial charge in [0.1, 0.15) is 5.82 Å². The molecule has 0 spiro atoms. The molecule has 0 unspecified atom stereocenters. The van der Waals surface area contributed by atoms with Gasteiger partial charge in [0.2, 0.25) is 0 Å². The van der Waals surface area contributed by atoms with Gasteiger partial charge >= 0.3 is 0 Å². The summed E-state index contributed by atoms with van der Waals surface area (Å²) >= 11 is 17.6. The van der Waals surface area contributed by atoms with Crippen LogP contribution in [0, 0.1) is 19.7 Å². The summed E-state index contributed by atoms with van der Waals surface area (Å²) in [5, 5.41) is 16.8. The lowest BCUT2D eigenvalue weighted by Crippen LogP contribution is -2.20. The number of thiocarbonyl (C=S) groups is 1. The number of hydrogen-bond acceptors (Lipinski definition) is 3. The molecule has 33 heavy (non-hydrogen) atoms. The SMILES string of the molecule is Cc1nn(Cc2ccc(Cl)c(Cl)c2)c(C)c1NC(=S)Nc1ccn(Cc2cccc(F)c2)n1. The Hall–Kier alpha value is -2.94. The molecule has 0 atom stereocenters. The monoisotopic (exact) mass is 502 g/mol. The van der Waals surface area contributed by atoms with Crippen LogP contribution in [0.15, 0.2) is 54.7 Å². The average molecular weight is 503 g/mol. The van der Waals surface area contributed by atoms with E-state index in [2.05, 4.69) is 20.8 Å². The van der Waals surface area contributed by atoms with E-state index in [1.165, 1.54) is 12.1 Å². The maximum absolute atomic E-state index is 13.4. The van der Waals surface area contributed by atoms with Gasteiger partial charge in [-0.05, 0) is 61.5 Å². The minimum absolute atomic E-state index is 0.270. The van der Waals surface area contributed by atoms with Crippen molar-refractivity contribution in [2.75, 3.05) is 10.6 Å². The highest BCUT2D eigenvalue weighted by Gasteiger charge is 2.14. The van der Waals surface area contributed by atoms with Crippen molar-refractivity contribution < 1.29 is 4.39 Å². The van der Waals surface area contributed by atoms with Gasteiger partial charge in [-0.3, -0.25) is 9.36 Å². The summed E-state index contributed by atoms with van der Waals surface area (Å²) < 4.78 is 17.0. The quantitative estimate of drug-likeness (QED) is 0.314. The first-order valence-electron chi connectivity index (χ1n) is 10.1.